The minimum absolute atomic E-state index is 0.150. The van der Waals surface area contributed by atoms with Gasteiger partial charge in [0.25, 0.3) is 5.91 Å². The Morgan fingerprint density at radius 1 is 0.797 bits per heavy atom. The van der Waals surface area contributed by atoms with Gasteiger partial charge >= 0.3 is 23.9 Å². The maximum Gasteiger partial charge on any atom is 0.338 e. The summed E-state index contributed by atoms with van der Waals surface area (Å²) in [5.74, 6) is -5.96. The molecule has 14 heteroatoms. The number of esters is 4. The van der Waals surface area contributed by atoms with Crippen molar-refractivity contribution < 1.29 is 62.7 Å². The number of carbonyl (C=O) groups is 6. The molecule has 2 aliphatic carbocycles. The number of fused-ring (bicyclic) bond motifs is 3. The SMILES string of the molecule is CC(=O)O[C@@H]1C2=C(C)[C@@H](OC(=O)[C@H](O)[C@@H](NC(=O)c3ccccc3)c3ccccc3)C[C@@](C(C)(C)O)([C@@H](OC(=O)c3ccccc3)[C@@H]3C(=O)COCCC[C@@]3(C)[C@H]1OC(C)=O)C2(C)C. The molecular formula is C50H59NO13. The van der Waals surface area contributed by atoms with Crippen molar-refractivity contribution in [3.63, 3.8) is 0 Å². The number of amides is 1. The van der Waals surface area contributed by atoms with Gasteiger partial charge in [-0.15, -0.1) is 0 Å². The topological polar surface area (TPSA) is 201 Å². The van der Waals surface area contributed by atoms with Crippen molar-refractivity contribution in [3.8, 4) is 0 Å². The highest BCUT2D eigenvalue weighted by molar-refractivity contribution is 5.95. The Morgan fingerprint density at radius 2 is 1.36 bits per heavy atom. The zero-order valence-corrected chi connectivity index (χ0v) is 37.6. The number of ether oxygens (including phenoxy) is 5. The van der Waals surface area contributed by atoms with Crippen LogP contribution in [-0.2, 0) is 42.9 Å². The predicted octanol–water partition coefficient (Wildman–Crippen LogP) is 6.04. The van der Waals surface area contributed by atoms with Gasteiger partial charge < -0.3 is 39.2 Å². The van der Waals surface area contributed by atoms with Gasteiger partial charge in [0.15, 0.2) is 18.0 Å². The number of benzene rings is 3. The minimum atomic E-state index is -2.00. The Kier molecular flexibility index (Phi) is 14.0. The molecule has 1 saturated carbocycles. The van der Waals surface area contributed by atoms with Crippen LogP contribution in [0.15, 0.2) is 102 Å². The second-order valence-corrected chi connectivity index (χ2v) is 18.4. The Hall–Kier alpha value is -5.70. The molecule has 3 aliphatic rings. The number of nitrogens with one attached hydrogen (secondary N) is 1. The smallest absolute Gasteiger partial charge is 0.338 e. The van der Waals surface area contributed by atoms with Crippen LogP contribution in [-0.4, -0.2) is 95.1 Å². The summed E-state index contributed by atoms with van der Waals surface area (Å²) >= 11 is 0. The van der Waals surface area contributed by atoms with Crippen LogP contribution in [0.5, 0.6) is 0 Å². The first-order valence-corrected chi connectivity index (χ1v) is 21.6. The van der Waals surface area contributed by atoms with E-state index in [0.29, 0.717) is 17.6 Å². The molecule has 9 atom stereocenters. The second kappa shape index (κ2) is 18.8. The second-order valence-electron chi connectivity index (χ2n) is 18.4. The van der Waals surface area contributed by atoms with Gasteiger partial charge in [-0.25, -0.2) is 9.59 Å². The van der Waals surface area contributed by atoms with Crippen molar-refractivity contribution in [2.45, 2.75) is 117 Å². The number of Topliss-reactive ketones (excluding diaryl/α,β-unsaturated/α-hetero) is 1. The fraction of sp³-hybridized carbons (Fsp3) is 0.480. The van der Waals surface area contributed by atoms with Gasteiger partial charge in [-0.05, 0) is 74.6 Å². The average molecular weight is 882 g/mol. The lowest BCUT2D eigenvalue weighted by Crippen LogP contribution is -2.73. The summed E-state index contributed by atoms with van der Waals surface area (Å²) < 4.78 is 31.3. The number of aliphatic hydroxyl groups is 2. The molecule has 3 aromatic carbocycles. The molecule has 0 unspecified atom stereocenters. The van der Waals surface area contributed by atoms with E-state index in [1.165, 1.54) is 27.7 Å². The number of aliphatic hydroxyl groups excluding tert-OH is 1. The van der Waals surface area contributed by atoms with Crippen molar-refractivity contribution >= 4 is 35.6 Å². The van der Waals surface area contributed by atoms with Crippen molar-refractivity contribution in [2.75, 3.05) is 13.2 Å². The van der Waals surface area contributed by atoms with Gasteiger partial charge in [-0.2, -0.15) is 0 Å². The van der Waals surface area contributed by atoms with E-state index in [-0.39, 0.29) is 36.1 Å². The normalized spacial score (nSPS) is 27.7. The molecule has 3 N–H and O–H groups in total. The standard InChI is InChI=1S/C50H59NO13/c1-29-36(63-46(58)40(55)39(32-19-12-9-13-20-32)51-44(56)33-21-14-10-15-22-33)27-50(48(6,7)59)42(64-45(57)34-23-16-11-17-24-34)38-35(54)28-60-26-18-25-49(38,8)43(62-31(3)53)41(61-30(2)52)37(29)47(50,4)5/h9-17,19-24,36,38-43,55,59H,18,25-28H2,1-8H3,(H,51,56)/t36-,38-,39-,40+,41+,42-,43-,49+,50+/m0/s1. The van der Waals surface area contributed by atoms with Crippen molar-refractivity contribution in [2.24, 2.45) is 22.2 Å². The Balaban J connectivity index is 1.60. The summed E-state index contributed by atoms with van der Waals surface area (Å²) in [6.07, 6.45) is -7.50. The number of hydrogen-bond acceptors (Lipinski definition) is 13. The molecule has 1 amide bonds. The number of hydrogen-bond donors (Lipinski definition) is 3. The van der Waals surface area contributed by atoms with Gasteiger partial charge in [-0.3, -0.25) is 19.2 Å². The number of rotatable bonds is 11. The highest BCUT2D eigenvalue weighted by Gasteiger charge is 2.73. The third-order valence-electron chi connectivity index (χ3n) is 13.7. The van der Waals surface area contributed by atoms with E-state index in [9.17, 15) is 34.2 Å². The molecule has 342 valence electrons. The molecule has 6 rings (SSSR count). The quantitative estimate of drug-likeness (QED) is 0.115. The Morgan fingerprint density at radius 3 is 1.92 bits per heavy atom. The molecular weight excluding hydrogens is 823 g/mol. The molecule has 0 radical (unpaired) electrons. The highest BCUT2D eigenvalue weighted by atomic mass is 16.6. The Labute approximate surface area is 373 Å². The van der Waals surface area contributed by atoms with Gasteiger partial charge in [0.1, 0.15) is 24.9 Å². The third-order valence-corrected chi connectivity index (χ3v) is 13.7. The van der Waals surface area contributed by atoms with Crippen LogP contribution in [0, 0.1) is 22.2 Å². The van der Waals surface area contributed by atoms with Crippen LogP contribution < -0.4 is 5.32 Å². The Bertz CT molecular complexity index is 2250. The largest absolute Gasteiger partial charge is 0.458 e. The summed E-state index contributed by atoms with van der Waals surface area (Å²) in [5.41, 5.74) is -5.12. The van der Waals surface area contributed by atoms with Gasteiger partial charge in [0, 0.05) is 48.7 Å². The summed E-state index contributed by atoms with van der Waals surface area (Å²) in [4.78, 5) is 84.2. The van der Waals surface area contributed by atoms with Gasteiger partial charge in [0.2, 0.25) is 0 Å². The van der Waals surface area contributed by atoms with Crippen LogP contribution in [0.2, 0.25) is 0 Å². The molecule has 64 heavy (non-hydrogen) atoms. The first-order valence-electron chi connectivity index (χ1n) is 21.6. The van der Waals surface area contributed by atoms with E-state index in [1.807, 2.05) is 0 Å². The molecule has 0 aromatic heterocycles. The lowest BCUT2D eigenvalue weighted by atomic mass is 9.41. The molecule has 3 aromatic rings. The molecule has 0 spiro atoms. The van der Waals surface area contributed by atoms with E-state index in [2.05, 4.69) is 5.32 Å². The van der Waals surface area contributed by atoms with E-state index in [4.69, 9.17) is 23.7 Å². The maximum atomic E-state index is 15.0. The molecule has 1 heterocycles. The predicted molar refractivity (Wildman–Crippen MR) is 232 cm³/mol. The van der Waals surface area contributed by atoms with E-state index >= 15 is 4.79 Å². The third kappa shape index (κ3) is 9.00. The zero-order chi connectivity index (χ0) is 46.8. The summed E-state index contributed by atoms with van der Waals surface area (Å²) in [6.45, 7) is 12.1. The van der Waals surface area contributed by atoms with Crippen LogP contribution in [0.1, 0.15) is 107 Å². The van der Waals surface area contributed by atoms with Crippen molar-refractivity contribution in [1.29, 1.82) is 0 Å². The zero-order valence-electron chi connectivity index (χ0n) is 37.6. The van der Waals surface area contributed by atoms with Crippen LogP contribution in [0.25, 0.3) is 0 Å². The van der Waals surface area contributed by atoms with E-state index < -0.39 is 107 Å². The van der Waals surface area contributed by atoms with E-state index in [1.54, 1.807) is 119 Å². The fourth-order valence-electron chi connectivity index (χ4n) is 10.9. The molecule has 2 bridgehead atoms. The van der Waals surface area contributed by atoms with Gasteiger partial charge in [0.05, 0.1) is 23.1 Å². The lowest BCUT2D eigenvalue weighted by molar-refractivity contribution is -0.250. The average Bonchev–Trinajstić information content (AvgIpc) is 3.24. The molecule has 1 aliphatic heterocycles. The van der Waals surface area contributed by atoms with Crippen molar-refractivity contribution in [1.82, 2.24) is 5.32 Å². The molecule has 14 nitrogen and oxygen atoms in total. The van der Waals surface area contributed by atoms with E-state index in [0.717, 1.165) is 0 Å². The molecule has 1 saturated heterocycles. The van der Waals surface area contributed by atoms with Crippen LogP contribution in [0.4, 0.5) is 0 Å². The number of ketones is 1. The summed E-state index contributed by atoms with van der Waals surface area (Å²) in [6, 6.07) is 23.5. The molecule has 2 fully saturated rings. The summed E-state index contributed by atoms with van der Waals surface area (Å²) in [7, 11) is 0. The minimum Gasteiger partial charge on any atom is -0.458 e. The maximum absolute atomic E-state index is 15.0. The van der Waals surface area contributed by atoms with Crippen LogP contribution in [0.3, 0.4) is 0 Å². The monoisotopic (exact) mass is 881 g/mol. The first kappa shape index (κ1) is 47.8. The van der Waals surface area contributed by atoms with Crippen LogP contribution >= 0.6 is 0 Å². The lowest BCUT2D eigenvalue weighted by Gasteiger charge is -2.66. The number of carbonyl (C=O) groups excluding carboxylic acids is 6. The van der Waals surface area contributed by atoms with Gasteiger partial charge in [-0.1, -0.05) is 87.5 Å². The van der Waals surface area contributed by atoms with Crippen molar-refractivity contribution in [3.05, 3.63) is 119 Å². The first-order chi connectivity index (χ1) is 30.2. The fourth-order valence-corrected chi connectivity index (χ4v) is 10.9. The summed E-state index contributed by atoms with van der Waals surface area (Å²) in [5, 5.41) is 27.7. The highest BCUT2D eigenvalue weighted by Crippen LogP contribution is 2.67.